The van der Waals surface area contributed by atoms with Crippen molar-refractivity contribution in [2.45, 2.75) is 316 Å². The van der Waals surface area contributed by atoms with E-state index in [4.69, 9.17) is 105 Å². The topological polar surface area (TPSA) is 877 Å². The Morgan fingerprint density at radius 2 is 0.847 bits per heavy atom. The van der Waals surface area contributed by atoms with Gasteiger partial charge in [0.15, 0.2) is 49.9 Å². The van der Waals surface area contributed by atoms with Crippen molar-refractivity contribution in [3.8, 4) is 0 Å². The second kappa shape index (κ2) is 49.4. The molecule has 0 spiro atoms. The van der Waals surface area contributed by atoms with Gasteiger partial charge in [0.05, 0.1) is 111 Å². The first-order valence-corrected chi connectivity index (χ1v) is 42.0. The number of ether oxygens (including phenoxy) is 21. The summed E-state index contributed by atoms with van der Waals surface area (Å²) in [5, 5.41) is 294. The summed E-state index contributed by atoms with van der Waals surface area (Å²) in [6.07, 6.45) is -86.4. The van der Waals surface area contributed by atoms with Gasteiger partial charge in [0.1, 0.15) is 213 Å². The second-order valence-corrected chi connectivity index (χ2v) is 32.4. The zero-order chi connectivity index (χ0) is 95.9. The van der Waals surface area contributed by atoms with E-state index < -0.39 is 371 Å². The van der Waals surface area contributed by atoms with Gasteiger partial charge in [0.2, 0.25) is 24.0 Å². The third-order valence-electron chi connectivity index (χ3n) is 23.2. The van der Waals surface area contributed by atoms with E-state index >= 15 is 0 Å². The zero-order valence-corrected chi connectivity index (χ0v) is 70.9. The number of aliphatic hydroxyl groups excluding tert-OH is 25. The number of hydrogen-bond acceptors (Lipinski definition) is 52. The number of nitrogens with zero attached hydrogens (tertiary/aromatic N) is 4. The predicted octanol–water partition coefficient (Wildman–Crippen LogP) is -19.1. The molecule has 9 saturated heterocycles. The van der Waals surface area contributed by atoms with Crippen molar-refractivity contribution in [3.63, 3.8) is 0 Å². The Morgan fingerprint density at radius 1 is 0.443 bits per heavy atom. The number of amides is 4. The highest BCUT2D eigenvalue weighted by Crippen LogP contribution is 2.42. The average molecular weight is 1910 g/mol. The molecule has 4 amide bonds. The minimum absolute atomic E-state index is 0.0143. The molecule has 0 aromatic carbocycles. The quantitative estimate of drug-likeness (QED) is 0.0117. The monoisotopic (exact) mass is 1910 g/mol. The van der Waals surface area contributed by atoms with Crippen LogP contribution in [0.5, 0.6) is 0 Å². The fraction of sp³-hybridized carbons (Fsp3) is 0.932. The van der Waals surface area contributed by atoms with Crippen LogP contribution in [0.3, 0.4) is 0 Å². The molecule has 0 bridgehead atoms. The highest BCUT2D eigenvalue weighted by atomic mass is 16.8. The Bertz CT molecular complexity index is 3630. The third kappa shape index (κ3) is 25.7. The maximum Gasteiger partial charge on any atom is 0.280 e. The number of rotatable bonds is 43. The average Bonchev–Trinajstić information content (AvgIpc) is 1.29. The fourth-order valence-electron chi connectivity index (χ4n) is 16.3. The van der Waals surface area contributed by atoms with Crippen LogP contribution >= 0.6 is 0 Å². The van der Waals surface area contributed by atoms with Crippen LogP contribution in [0.2, 0.25) is 0 Å². The molecule has 0 saturated carbocycles. The van der Waals surface area contributed by atoms with Gasteiger partial charge >= 0.3 is 0 Å². The van der Waals surface area contributed by atoms with E-state index in [0.29, 0.717) is 0 Å². The Hall–Kier alpha value is -5.14. The standard InChI is InChI=1S/C73H122N8O50/c1-23(89)77-37-27(92)13-73(131-60(37)41(94)28(93)14-82,72(110)75-5-7-111-9-11-113-12-10-112-8-6-76-81-74)115-22-36-45(98)51(104)55(108)68(124-36)126-58-34(20-88)122-66(39(48(58)101)79-25(3)91)130-63-53(106)44(97)31(17-85)119-71(63)128-61-46(99)35(123-69(56(61)109)127-59-32(18-86)120-64-40(49(59)102)80-26(4)116-64)21-114-70-62(52(105)43(96)30(16-84)118-70)129-65-38(78-24(2)90)47(100)57(33(19-87)121-65)125-67-54(107)50(103)42(95)29(15-83)117-67/h27-71,82-88,92-109H,5-22H2,1-4H3,(H,75,110)(H,77,89)(H,78,90)(H,79,91)/t27-,28-,29?,30?,31+,32?,33?,34?,35?,36?,37-,38?,39?,40?,41-,42+,43-,44-,45+,46-,47-,48-,49-,50+,51+,52+,53?,54?,55?,56?,57-,58-,59-,60?,61+,62?,63?,64?,65+,66+,67+,68+,69+,70+,71-,73-/m1/s1. The minimum Gasteiger partial charge on any atom is -0.450 e. The van der Waals surface area contributed by atoms with Crippen molar-refractivity contribution in [2.24, 2.45) is 10.1 Å². The van der Waals surface area contributed by atoms with E-state index in [1.807, 2.05) is 0 Å². The van der Waals surface area contributed by atoms with Gasteiger partial charge in [-0.3, -0.25) is 19.2 Å². The van der Waals surface area contributed by atoms with Crippen LogP contribution in [0.25, 0.3) is 10.4 Å². The van der Waals surface area contributed by atoms with E-state index in [2.05, 4.69) is 36.3 Å². The van der Waals surface area contributed by atoms with Gasteiger partial charge in [-0.25, -0.2) is 4.99 Å². The number of fused-ring (bicyclic) bond motifs is 1. The number of carbonyl (C=O) groups excluding carboxylic acids is 4. The molecule has 9 fully saturated rings. The molecule has 58 nitrogen and oxygen atoms in total. The minimum atomic E-state index is -2.86. The van der Waals surface area contributed by atoms with Gasteiger partial charge in [-0.2, -0.15) is 0 Å². The molecule has 10 heterocycles. The first kappa shape index (κ1) is 108. The summed E-state index contributed by atoms with van der Waals surface area (Å²) in [6.45, 7) is -5.67. The summed E-state index contributed by atoms with van der Waals surface area (Å²) >= 11 is 0. The predicted molar refractivity (Wildman–Crippen MR) is 411 cm³/mol. The maximum atomic E-state index is 14.5. The SMILES string of the molecule is CC(=O)NC1[C@H](OC2C(O)[C@H](O)[C@H](CO)O[C@@H]2O[C@@H]2C(O)[C@H](O[C@@H]3C(CO)OC4OC(C)=NC4[C@H]3O)OC(CO[C@H]3OC(CO)[C@@H](O)[C@H](O)C3O[C@@H]3OC(CO)[C@@H](O[C@@H]4OC(CO)[C@H](O)[C@H](O)C4O)[C@H](O)C3NC(C)=O)[C@H]2O)OC(CO)[C@@H](O[C@@H]2OC(CO[C@]3(C(=O)NCCOCCOCCOCCN=[N+]=[N-])C[C@@H](O)[C@@H](NC(C)=O)C([C@H](O)[C@H](O)CO)O3)[C@H](O)[C@H](O)C2O)[C@@H]1O. The molecule has 0 aromatic heterocycles. The first-order chi connectivity index (χ1) is 62.3. The summed E-state index contributed by atoms with van der Waals surface area (Å²) in [5.74, 6) is -6.84. The van der Waals surface area contributed by atoms with Gasteiger partial charge in [-0.05, 0) is 5.53 Å². The largest absolute Gasteiger partial charge is 0.450 e. The number of aliphatic imine (C=N–C) groups is 1. The molecule has 0 aromatic rings. The van der Waals surface area contributed by atoms with Crippen LogP contribution in [0.15, 0.2) is 10.1 Å². The first-order valence-electron chi connectivity index (χ1n) is 42.0. The molecule has 18 unspecified atom stereocenters. The van der Waals surface area contributed by atoms with Gasteiger partial charge in [0, 0.05) is 52.1 Å². The molecule has 58 heteroatoms. The van der Waals surface area contributed by atoms with Crippen molar-refractivity contribution in [2.75, 3.05) is 112 Å². The lowest BCUT2D eigenvalue weighted by Crippen LogP contribution is -2.70. The molecule has 10 aliphatic rings. The van der Waals surface area contributed by atoms with Gasteiger partial charge in [0.25, 0.3) is 11.7 Å². The van der Waals surface area contributed by atoms with Gasteiger partial charge < -0.3 is 248 Å². The molecular weight excluding hydrogens is 1790 g/mol. The lowest BCUT2D eigenvalue weighted by atomic mass is 9.88. The number of azide groups is 1. The molecular formula is C73H122N8O50. The summed E-state index contributed by atoms with van der Waals surface area (Å²) in [5.41, 5.74) is 8.42. The maximum absolute atomic E-state index is 14.5. The van der Waals surface area contributed by atoms with E-state index in [-0.39, 0.29) is 58.6 Å². The Balaban J connectivity index is 0.894. The fourth-order valence-corrected chi connectivity index (χ4v) is 16.3. The lowest BCUT2D eigenvalue weighted by Gasteiger charge is -2.51. The molecule has 754 valence electrons. The Morgan fingerprint density at radius 3 is 1.34 bits per heavy atom. The highest BCUT2D eigenvalue weighted by Gasteiger charge is 2.63. The van der Waals surface area contributed by atoms with Crippen molar-refractivity contribution in [1.29, 1.82) is 0 Å². The molecule has 29 N–H and O–H groups in total. The van der Waals surface area contributed by atoms with E-state index in [0.717, 1.165) is 20.8 Å². The van der Waals surface area contributed by atoms with Gasteiger partial charge in [-0.15, -0.1) is 0 Å². The molecule has 10 aliphatic heterocycles. The van der Waals surface area contributed by atoms with Crippen LogP contribution in [-0.2, 0) is 119 Å². The lowest BCUT2D eigenvalue weighted by molar-refractivity contribution is -0.397. The van der Waals surface area contributed by atoms with Gasteiger partial charge in [-0.1, -0.05) is 5.11 Å². The van der Waals surface area contributed by atoms with Crippen LogP contribution < -0.4 is 21.3 Å². The van der Waals surface area contributed by atoms with Crippen molar-refractivity contribution < 1.29 is 246 Å². The summed E-state index contributed by atoms with van der Waals surface area (Å²) in [4.78, 5) is 60.0. The number of hydrogen-bond donors (Lipinski definition) is 29. The van der Waals surface area contributed by atoms with E-state index in [9.17, 15) is 147 Å². The Labute approximate surface area is 743 Å². The Kier molecular flexibility index (Phi) is 40.7. The summed E-state index contributed by atoms with van der Waals surface area (Å²) in [7, 11) is 0. The zero-order valence-electron chi connectivity index (χ0n) is 70.9. The van der Waals surface area contributed by atoms with Crippen LogP contribution in [-0.4, -0.2) is 551 Å². The molecule has 0 radical (unpaired) electrons. The second-order valence-electron chi connectivity index (χ2n) is 32.4. The molecule has 0 aliphatic carbocycles. The van der Waals surface area contributed by atoms with Crippen LogP contribution in [0.4, 0.5) is 0 Å². The molecule has 131 heavy (non-hydrogen) atoms. The van der Waals surface area contributed by atoms with Crippen LogP contribution in [0.1, 0.15) is 34.1 Å². The summed E-state index contributed by atoms with van der Waals surface area (Å²) < 4.78 is 124. The number of aliphatic hydroxyl groups is 25. The normalized spacial score (nSPS) is 44.3. The van der Waals surface area contributed by atoms with E-state index in [1.165, 1.54) is 6.92 Å². The molecule has 10 rings (SSSR count). The molecule has 46 atom stereocenters. The summed E-state index contributed by atoms with van der Waals surface area (Å²) in [6, 6.07) is -6.87. The number of carbonyl (C=O) groups is 4. The van der Waals surface area contributed by atoms with Crippen LogP contribution in [0, 0.1) is 0 Å². The van der Waals surface area contributed by atoms with Crippen molar-refractivity contribution in [1.82, 2.24) is 21.3 Å². The smallest absolute Gasteiger partial charge is 0.280 e. The highest BCUT2D eigenvalue weighted by molar-refractivity contribution is 5.84. The van der Waals surface area contributed by atoms with E-state index in [1.54, 1.807) is 0 Å². The van der Waals surface area contributed by atoms with Crippen molar-refractivity contribution in [3.05, 3.63) is 10.4 Å². The number of nitrogens with one attached hydrogen (secondary N) is 4. The van der Waals surface area contributed by atoms with Crippen molar-refractivity contribution >= 4 is 29.5 Å². The third-order valence-corrected chi connectivity index (χ3v) is 23.2.